The summed E-state index contributed by atoms with van der Waals surface area (Å²) in [4.78, 5) is 26.2. The van der Waals surface area contributed by atoms with Gasteiger partial charge in [0.1, 0.15) is 0 Å². The van der Waals surface area contributed by atoms with Gasteiger partial charge in [0.25, 0.3) is 5.91 Å². The largest absolute Gasteiger partial charge is 0.347 e. The number of halogens is 2. The fraction of sp³-hybridized carbons (Fsp3) is 0.0526. The summed E-state index contributed by atoms with van der Waals surface area (Å²) in [5, 5.41) is 3.23. The van der Waals surface area contributed by atoms with Crippen molar-refractivity contribution in [3.05, 3.63) is 91.0 Å². The molecule has 0 saturated heterocycles. The summed E-state index contributed by atoms with van der Waals surface area (Å²) in [6, 6.07) is 17.9. The highest BCUT2D eigenvalue weighted by atomic mass is 79.9. The van der Waals surface area contributed by atoms with Crippen molar-refractivity contribution in [2.75, 3.05) is 0 Å². The second kappa shape index (κ2) is 7.95. The molecule has 0 unspecified atom stereocenters. The minimum absolute atomic E-state index is 0.0155. The van der Waals surface area contributed by atoms with Gasteiger partial charge in [-0.2, -0.15) is 0 Å². The third-order valence-electron chi connectivity index (χ3n) is 3.52. The van der Waals surface area contributed by atoms with Gasteiger partial charge in [0.2, 0.25) is 5.78 Å². The van der Waals surface area contributed by atoms with Crippen LogP contribution < -0.4 is 5.32 Å². The summed E-state index contributed by atoms with van der Waals surface area (Å²) in [7, 11) is 0. The highest BCUT2D eigenvalue weighted by Gasteiger charge is 2.14. The summed E-state index contributed by atoms with van der Waals surface area (Å²) in [5.74, 6) is -0.270. The van der Waals surface area contributed by atoms with E-state index >= 15 is 0 Å². The molecule has 126 valence electrons. The Hall–Kier alpha value is -1.95. The van der Waals surface area contributed by atoms with E-state index < -0.39 is 0 Å². The van der Waals surface area contributed by atoms with E-state index in [9.17, 15) is 9.59 Å². The van der Waals surface area contributed by atoms with Gasteiger partial charge in [-0.3, -0.25) is 9.59 Å². The number of hydrogen-bond donors (Lipinski definition) is 1. The first-order chi connectivity index (χ1) is 12.0. The van der Waals surface area contributed by atoms with Crippen molar-refractivity contribution < 1.29 is 9.59 Å². The molecule has 0 radical (unpaired) electrons. The van der Waals surface area contributed by atoms with Crippen molar-refractivity contribution in [3.8, 4) is 0 Å². The Morgan fingerprint density at radius 1 is 1.04 bits per heavy atom. The van der Waals surface area contributed by atoms with Gasteiger partial charge in [0.05, 0.1) is 22.0 Å². The van der Waals surface area contributed by atoms with E-state index in [1.807, 2.05) is 24.3 Å². The quantitative estimate of drug-likeness (QED) is 0.552. The average Bonchev–Trinajstić information content (AvgIpc) is 3.11. The van der Waals surface area contributed by atoms with Crippen molar-refractivity contribution >= 4 is 50.6 Å². The van der Waals surface area contributed by atoms with Crippen molar-refractivity contribution in [1.82, 2.24) is 5.32 Å². The Bertz CT molecular complexity index is 924. The zero-order valence-corrected chi connectivity index (χ0v) is 16.1. The molecule has 3 nitrogen and oxygen atoms in total. The lowest BCUT2D eigenvalue weighted by Crippen LogP contribution is -2.22. The number of benzene rings is 2. The van der Waals surface area contributed by atoms with E-state index in [1.165, 1.54) is 11.3 Å². The highest BCUT2D eigenvalue weighted by Crippen LogP contribution is 2.22. The van der Waals surface area contributed by atoms with E-state index in [1.54, 1.807) is 36.4 Å². The third kappa shape index (κ3) is 4.37. The Morgan fingerprint density at radius 3 is 2.56 bits per heavy atom. The molecule has 0 atom stereocenters. The molecule has 1 amide bonds. The van der Waals surface area contributed by atoms with Crippen LogP contribution in [0.1, 0.15) is 30.5 Å². The van der Waals surface area contributed by atoms with Gasteiger partial charge in [-0.25, -0.2) is 0 Å². The summed E-state index contributed by atoms with van der Waals surface area (Å²) in [6.45, 7) is 0.342. The van der Waals surface area contributed by atoms with Gasteiger partial charge >= 0.3 is 0 Å². The Kier molecular flexibility index (Phi) is 5.68. The number of thiophene rings is 1. The van der Waals surface area contributed by atoms with Gasteiger partial charge in [0, 0.05) is 14.9 Å². The standard InChI is InChI=1S/C19H13BrClNO2S/c20-13-6-8-16(21)15(10-13)19(24)22-11-14-7-9-17(25-14)18(23)12-4-2-1-3-5-12/h1-10H,11H2,(H,22,24). The minimum atomic E-state index is -0.254. The van der Waals surface area contributed by atoms with Crippen LogP contribution >= 0.6 is 38.9 Å². The smallest absolute Gasteiger partial charge is 0.253 e. The highest BCUT2D eigenvalue weighted by molar-refractivity contribution is 9.10. The Labute approximate surface area is 162 Å². The molecule has 3 rings (SSSR count). The van der Waals surface area contributed by atoms with Crippen LogP contribution in [0.5, 0.6) is 0 Å². The number of nitrogens with one attached hydrogen (secondary N) is 1. The first kappa shape index (κ1) is 17.9. The molecule has 0 aliphatic rings. The fourth-order valence-corrected chi connectivity index (χ4v) is 3.73. The zero-order valence-electron chi connectivity index (χ0n) is 13.0. The Balaban J connectivity index is 1.67. The van der Waals surface area contributed by atoms with E-state index in [2.05, 4.69) is 21.2 Å². The van der Waals surface area contributed by atoms with E-state index in [-0.39, 0.29) is 11.7 Å². The van der Waals surface area contributed by atoms with Crippen LogP contribution in [0.15, 0.2) is 65.1 Å². The van der Waals surface area contributed by atoms with Crippen LogP contribution in [0.25, 0.3) is 0 Å². The fourth-order valence-electron chi connectivity index (χ4n) is 2.26. The van der Waals surface area contributed by atoms with Crippen molar-refractivity contribution in [1.29, 1.82) is 0 Å². The Morgan fingerprint density at radius 2 is 1.80 bits per heavy atom. The average molecular weight is 435 g/mol. The number of carbonyl (C=O) groups is 2. The normalized spacial score (nSPS) is 10.5. The molecular formula is C19H13BrClNO2S. The summed E-state index contributed by atoms with van der Waals surface area (Å²) >= 11 is 10.8. The molecule has 25 heavy (non-hydrogen) atoms. The van der Waals surface area contributed by atoms with E-state index in [0.717, 1.165) is 9.35 Å². The molecule has 2 aromatic carbocycles. The minimum Gasteiger partial charge on any atom is -0.347 e. The van der Waals surface area contributed by atoms with Crippen LogP contribution in [-0.2, 0) is 6.54 Å². The maximum atomic E-state index is 12.4. The van der Waals surface area contributed by atoms with Gasteiger partial charge < -0.3 is 5.32 Å². The third-order valence-corrected chi connectivity index (χ3v) is 5.42. The maximum Gasteiger partial charge on any atom is 0.253 e. The van der Waals surface area contributed by atoms with Crippen LogP contribution in [0, 0.1) is 0 Å². The molecular weight excluding hydrogens is 422 g/mol. The van der Waals surface area contributed by atoms with Crippen molar-refractivity contribution in [2.45, 2.75) is 6.54 Å². The second-order valence-electron chi connectivity index (χ2n) is 5.27. The molecule has 0 bridgehead atoms. The number of ketones is 1. The molecule has 0 spiro atoms. The molecule has 1 aromatic heterocycles. The summed E-state index contributed by atoms with van der Waals surface area (Å²) < 4.78 is 0.786. The van der Waals surface area contributed by atoms with Crippen LogP contribution in [0.4, 0.5) is 0 Å². The molecule has 1 N–H and O–H groups in total. The first-order valence-electron chi connectivity index (χ1n) is 7.46. The molecule has 1 heterocycles. The second-order valence-corrected chi connectivity index (χ2v) is 7.76. The molecule has 0 fully saturated rings. The molecule has 0 aliphatic carbocycles. The van der Waals surface area contributed by atoms with Gasteiger partial charge in [-0.05, 0) is 30.3 Å². The van der Waals surface area contributed by atoms with Crippen molar-refractivity contribution in [2.24, 2.45) is 0 Å². The predicted molar refractivity (Wildman–Crippen MR) is 105 cm³/mol. The molecule has 0 saturated carbocycles. The lowest BCUT2D eigenvalue weighted by molar-refractivity contribution is 0.0950. The molecule has 3 aromatic rings. The number of rotatable bonds is 5. The SMILES string of the molecule is O=C(c1ccccc1)c1ccc(CNC(=O)c2cc(Br)ccc2Cl)s1. The zero-order chi connectivity index (χ0) is 17.8. The van der Waals surface area contributed by atoms with Gasteiger partial charge in [-0.1, -0.05) is 57.9 Å². The lowest BCUT2D eigenvalue weighted by Gasteiger charge is -2.06. The van der Waals surface area contributed by atoms with Crippen LogP contribution in [0.2, 0.25) is 5.02 Å². The lowest BCUT2D eigenvalue weighted by atomic mass is 10.1. The molecule has 6 heteroatoms. The number of hydrogen-bond acceptors (Lipinski definition) is 3. The van der Waals surface area contributed by atoms with Crippen LogP contribution in [0.3, 0.4) is 0 Å². The van der Waals surface area contributed by atoms with E-state index in [4.69, 9.17) is 11.6 Å². The van der Waals surface area contributed by atoms with Crippen LogP contribution in [-0.4, -0.2) is 11.7 Å². The maximum absolute atomic E-state index is 12.4. The monoisotopic (exact) mass is 433 g/mol. The number of carbonyl (C=O) groups excluding carboxylic acids is 2. The van der Waals surface area contributed by atoms with E-state index in [0.29, 0.717) is 27.6 Å². The number of amides is 1. The van der Waals surface area contributed by atoms with Gasteiger partial charge in [0.15, 0.2) is 0 Å². The summed E-state index contributed by atoms with van der Waals surface area (Å²) in [5.41, 5.74) is 1.06. The summed E-state index contributed by atoms with van der Waals surface area (Å²) in [6.07, 6.45) is 0. The topological polar surface area (TPSA) is 46.2 Å². The van der Waals surface area contributed by atoms with Gasteiger partial charge in [-0.15, -0.1) is 11.3 Å². The predicted octanol–water partition coefficient (Wildman–Crippen LogP) is 5.33. The van der Waals surface area contributed by atoms with Crippen molar-refractivity contribution in [3.63, 3.8) is 0 Å². The first-order valence-corrected chi connectivity index (χ1v) is 9.45. The molecule has 0 aliphatic heterocycles.